The Bertz CT molecular complexity index is 1050. The van der Waals surface area contributed by atoms with Gasteiger partial charge < -0.3 is 15.6 Å². The van der Waals surface area contributed by atoms with E-state index in [1.54, 1.807) is 12.1 Å². The molecule has 6 nitrogen and oxygen atoms in total. The number of hydrogen-bond acceptors (Lipinski definition) is 5. The molecule has 0 unspecified atom stereocenters. The van der Waals surface area contributed by atoms with Crippen molar-refractivity contribution in [2.24, 2.45) is 0 Å². The lowest BCUT2D eigenvalue weighted by molar-refractivity contribution is 0.649. The van der Waals surface area contributed by atoms with E-state index in [0.29, 0.717) is 5.92 Å². The lowest BCUT2D eigenvalue weighted by atomic mass is 9.93. The zero-order chi connectivity index (χ0) is 18.1. The summed E-state index contributed by atoms with van der Waals surface area (Å²) in [6.07, 6.45) is 4.55. The van der Waals surface area contributed by atoms with Crippen LogP contribution in [0.15, 0.2) is 63.0 Å². The number of hydrogen-bond donors (Lipinski definition) is 3. The van der Waals surface area contributed by atoms with Crippen LogP contribution in [0.1, 0.15) is 30.7 Å². The van der Waals surface area contributed by atoms with Crippen LogP contribution in [0.3, 0.4) is 0 Å². The Morgan fingerprint density at radius 1 is 0.885 bits per heavy atom. The summed E-state index contributed by atoms with van der Waals surface area (Å²) in [5.41, 5.74) is 0.471. The summed E-state index contributed by atoms with van der Waals surface area (Å²) in [6.45, 7) is 0. The summed E-state index contributed by atoms with van der Waals surface area (Å²) >= 11 is 0. The highest BCUT2D eigenvalue weighted by atomic mass is 16.2. The monoisotopic (exact) mass is 349 g/mol. The van der Waals surface area contributed by atoms with Crippen LogP contribution in [0.2, 0.25) is 0 Å². The molecule has 1 aromatic heterocycles. The average molecular weight is 349 g/mol. The molecule has 0 aliphatic heterocycles. The maximum absolute atomic E-state index is 12.1. The molecule has 1 aliphatic rings. The fourth-order valence-corrected chi connectivity index (χ4v) is 3.72. The van der Waals surface area contributed by atoms with E-state index in [2.05, 4.69) is 27.8 Å². The first-order chi connectivity index (χ1) is 12.6. The molecular weight excluding hydrogens is 330 g/mol. The van der Waals surface area contributed by atoms with E-state index < -0.39 is 10.9 Å². The van der Waals surface area contributed by atoms with Gasteiger partial charge in [0.15, 0.2) is 0 Å². The van der Waals surface area contributed by atoms with E-state index in [0.717, 1.165) is 19.3 Å². The fraction of sp³-hybridized carbons (Fsp3) is 0.250. The van der Waals surface area contributed by atoms with Gasteiger partial charge in [0.1, 0.15) is 17.1 Å². The van der Waals surface area contributed by atoms with Crippen molar-refractivity contribution in [1.82, 2.24) is 4.98 Å². The summed E-state index contributed by atoms with van der Waals surface area (Å²) < 4.78 is 0. The molecule has 1 aliphatic carbocycles. The summed E-state index contributed by atoms with van der Waals surface area (Å²) in [5.74, 6) is 0.300. The van der Waals surface area contributed by atoms with Crippen molar-refractivity contribution in [2.45, 2.75) is 31.2 Å². The largest absolute Gasteiger partial charge is 0.377 e. The van der Waals surface area contributed by atoms with Gasteiger partial charge in [0.05, 0.1) is 0 Å². The molecule has 6 heteroatoms. The van der Waals surface area contributed by atoms with Gasteiger partial charge in [0.2, 0.25) is 0 Å². The molecular formula is C20H19N3O3. The molecule has 2 aromatic carbocycles. The summed E-state index contributed by atoms with van der Waals surface area (Å²) in [6, 6.07) is 13.5. The average Bonchev–Trinajstić information content (AvgIpc) is 3.14. The summed E-state index contributed by atoms with van der Waals surface area (Å²) in [7, 11) is 0. The van der Waals surface area contributed by atoms with Crippen LogP contribution in [0.5, 0.6) is 0 Å². The molecule has 1 saturated carbocycles. The fourth-order valence-electron chi connectivity index (χ4n) is 3.72. The van der Waals surface area contributed by atoms with Gasteiger partial charge in [-0.15, -0.1) is 0 Å². The van der Waals surface area contributed by atoms with Gasteiger partial charge in [-0.05, 0) is 30.5 Å². The van der Waals surface area contributed by atoms with E-state index in [-0.39, 0.29) is 28.7 Å². The minimum atomic E-state index is -0.593. The van der Waals surface area contributed by atoms with Crippen molar-refractivity contribution in [2.75, 3.05) is 10.6 Å². The maximum atomic E-state index is 12.1. The highest BCUT2D eigenvalue weighted by Gasteiger charge is 2.32. The third-order valence-corrected chi connectivity index (χ3v) is 5.06. The Morgan fingerprint density at radius 3 is 2.42 bits per heavy atom. The van der Waals surface area contributed by atoms with Crippen molar-refractivity contribution in [3.05, 3.63) is 85.0 Å². The smallest absolute Gasteiger partial charge is 0.271 e. The molecule has 0 spiro atoms. The molecule has 132 valence electrons. The second-order valence-electron chi connectivity index (χ2n) is 6.65. The SMILES string of the molecule is O=c1[nH]cccc1Nc1c(N[C@@H]2CCC[C@H]2c2ccccc2)c(=O)c1=O. The van der Waals surface area contributed by atoms with Gasteiger partial charge in [-0.1, -0.05) is 36.8 Å². The normalized spacial score (nSPS) is 19.5. The van der Waals surface area contributed by atoms with Crippen molar-refractivity contribution in [3.8, 4) is 0 Å². The number of benzene rings is 1. The second kappa shape index (κ2) is 6.63. The van der Waals surface area contributed by atoms with Gasteiger partial charge in [-0.25, -0.2) is 0 Å². The summed E-state index contributed by atoms with van der Waals surface area (Å²) in [4.78, 5) is 38.4. The molecule has 0 bridgehead atoms. The predicted molar refractivity (Wildman–Crippen MR) is 102 cm³/mol. The van der Waals surface area contributed by atoms with Crippen molar-refractivity contribution in [1.29, 1.82) is 0 Å². The van der Waals surface area contributed by atoms with Gasteiger partial charge in [0.25, 0.3) is 16.4 Å². The molecule has 2 atom stereocenters. The third kappa shape index (κ3) is 2.83. The molecule has 26 heavy (non-hydrogen) atoms. The highest BCUT2D eigenvalue weighted by Crippen LogP contribution is 2.37. The molecule has 0 saturated heterocycles. The quantitative estimate of drug-likeness (QED) is 0.616. The van der Waals surface area contributed by atoms with Crippen LogP contribution in [-0.4, -0.2) is 11.0 Å². The van der Waals surface area contributed by atoms with Crippen molar-refractivity contribution < 1.29 is 0 Å². The number of aromatic amines is 1. The Labute approximate surface area is 149 Å². The maximum Gasteiger partial charge on any atom is 0.271 e. The second-order valence-corrected chi connectivity index (χ2v) is 6.65. The first-order valence-electron chi connectivity index (χ1n) is 8.74. The van der Waals surface area contributed by atoms with E-state index >= 15 is 0 Å². The minimum Gasteiger partial charge on any atom is -0.377 e. The Morgan fingerprint density at radius 2 is 1.65 bits per heavy atom. The molecule has 0 radical (unpaired) electrons. The molecule has 3 aromatic rings. The zero-order valence-electron chi connectivity index (χ0n) is 14.1. The van der Waals surface area contributed by atoms with Crippen LogP contribution >= 0.6 is 0 Å². The van der Waals surface area contributed by atoms with Crippen LogP contribution < -0.4 is 27.1 Å². The van der Waals surface area contributed by atoms with Gasteiger partial charge in [-0.2, -0.15) is 0 Å². The van der Waals surface area contributed by atoms with Gasteiger partial charge in [0, 0.05) is 18.2 Å². The predicted octanol–water partition coefficient (Wildman–Crippen LogP) is 2.46. The first-order valence-corrected chi connectivity index (χ1v) is 8.74. The Balaban J connectivity index is 1.59. The standard InChI is InChI=1S/C20H19N3O3/c24-18-16(17(19(18)25)23-15-10-5-11-21-20(15)26)22-14-9-4-8-13(14)12-6-2-1-3-7-12/h1-3,5-7,10-11,13-14,22-23H,4,8-9H2,(H,21,26)/t13-,14+/m0/s1. The lowest BCUT2D eigenvalue weighted by Gasteiger charge is -2.24. The number of aromatic nitrogens is 1. The molecule has 1 fully saturated rings. The zero-order valence-corrected chi connectivity index (χ0v) is 14.1. The minimum absolute atomic E-state index is 0.0929. The number of H-pyrrole nitrogens is 1. The van der Waals surface area contributed by atoms with Gasteiger partial charge in [-0.3, -0.25) is 14.4 Å². The molecule has 0 amide bonds. The Kier molecular flexibility index (Phi) is 4.16. The lowest BCUT2D eigenvalue weighted by Crippen LogP contribution is -2.40. The van der Waals surface area contributed by atoms with E-state index in [4.69, 9.17) is 0 Å². The van der Waals surface area contributed by atoms with E-state index in [9.17, 15) is 14.4 Å². The van der Waals surface area contributed by atoms with Crippen LogP contribution in [-0.2, 0) is 0 Å². The van der Waals surface area contributed by atoms with Crippen molar-refractivity contribution in [3.63, 3.8) is 0 Å². The topological polar surface area (TPSA) is 91.1 Å². The van der Waals surface area contributed by atoms with Crippen LogP contribution in [0, 0.1) is 0 Å². The van der Waals surface area contributed by atoms with Crippen LogP contribution in [0.4, 0.5) is 17.1 Å². The molecule has 1 heterocycles. The molecule has 4 rings (SSSR count). The van der Waals surface area contributed by atoms with Crippen LogP contribution in [0.25, 0.3) is 0 Å². The van der Waals surface area contributed by atoms with E-state index in [1.165, 1.54) is 11.8 Å². The first kappa shape index (κ1) is 16.3. The molecule has 3 N–H and O–H groups in total. The van der Waals surface area contributed by atoms with Crippen molar-refractivity contribution >= 4 is 17.1 Å². The number of nitrogens with one attached hydrogen (secondary N) is 3. The third-order valence-electron chi connectivity index (χ3n) is 5.06. The number of rotatable bonds is 5. The number of anilines is 3. The van der Waals surface area contributed by atoms with E-state index in [1.807, 2.05) is 18.2 Å². The Hall–Kier alpha value is -3.15. The number of pyridine rings is 1. The summed E-state index contributed by atoms with van der Waals surface area (Å²) in [5, 5.41) is 6.08. The highest BCUT2D eigenvalue weighted by molar-refractivity contribution is 5.78. The van der Waals surface area contributed by atoms with Gasteiger partial charge >= 0.3 is 0 Å².